The van der Waals surface area contributed by atoms with E-state index in [2.05, 4.69) is 20.3 Å². The summed E-state index contributed by atoms with van der Waals surface area (Å²) in [6, 6.07) is 1.48. The molecule has 1 fully saturated rings. The molecule has 0 saturated heterocycles. The van der Waals surface area contributed by atoms with Gasteiger partial charge >= 0.3 is 0 Å². The summed E-state index contributed by atoms with van der Waals surface area (Å²) in [5.41, 5.74) is 5.20. The Morgan fingerprint density at radius 2 is 2.00 bits per heavy atom. The number of hydrogen-bond acceptors (Lipinski definition) is 6. The first-order chi connectivity index (χ1) is 15.6. The molecule has 0 radical (unpaired) electrons. The summed E-state index contributed by atoms with van der Waals surface area (Å²) < 4.78 is 5.55. The minimum Gasteiger partial charge on any atom is -0.377 e. The minimum absolute atomic E-state index is 0.0560. The Labute approximate surface area is 197 Å². The van der Waals surface area contributed by atoms with Gasteiger partial charge in [0.2, 0.25) is 5.91 Å². The summed E-state index contributed by atoms with van der Waals surface area (Å²) in [6.45, 7) is 4.06. The first-order valence-electron chi connectivity index (χ1n) is 10.7. The van der Waals surface area contributed by atoms with E-state index in [1.54, 1.807) is 24.3 Å². The molecule has 10 nitrogen and oxygen atoms in total. The second-order valence-electron chi connectivity index (χ2n) is 8.74. The SMILES string of the molecule is COC(C)(C)CN(C(=O)c1[nH]cnc1C(N)=O)C1CCC(C(=O)Nc2cnccc2Cl)CC1. The molecule has 0 aromatic carbocycles. The van der Waals surface area contributed by atoms with Crippen LogP contribution in [0.2, 0.25) is 5.02 Å². The average Bonchev–Trinajstić information content (AvgIpc) is 3.29. The second kappa shape index (κ2) is 10.3. The van der Waals surface area contributed by atoms with Gasteiger partial charge < -0.3 is 25.7 Å². The van der Waals surface area contributed by atoms with Crippen LogP contribution in [0.15, 0.2) is 24.8 Å². The number of pyridine rings is 1. The molecule has 0 spiro atoms. The number of nitrogens with zero attached hydrogens (tertiary/aromatic N) is 3. The molecular weight excluding hydrogens is 448 g/mol. The van der Waals surface area contributed by atoms with Crippen LogP contribution in [0.25, 0.3) is 0 Å². The van der Waals surface area contributed by atoms with Crippen molar-refractivity contribution in [3.05, 3.63) is 41.2 Å². The lowest BCUT2D eigenvalue weighted by Crippen LogP contribution is -2.50. The summed E-state index contributed by atoms with van der Waals surface area (Å²) in [5.74, 6) is -1.48. The van der Waals surface area contributed by atoms with E-state index >= 15 is 0 Å². The molecule has 4 N–H and O–H groups in total. The van der Waals surface area contributed by atoms with E-state index < -0.39 is 11.5 Å². The van der Waals surface area contributed by atoms with E-state index in [4.69, 9.17) is 22.1 Å². The number of carbonyl (C=O) groups excluding carboxylic acids is 3. The monoisotopic (exact) mass is 476 g/mol. The molecule has 2 heterocycles. The summed E-state index contributed by atoms with van der Waals surface area (Å²) in [5, 5.41) is 3.26. The number of halogens is 1. The number of anilines is 1. The lowest BCUT2D eigenvalue weighted by molar-refractivity contribution is -0.121. The highest BCUT2D eigenvalue weighted by molar-refractivity contribution is 6.33. The summed E-state index contributed by atoms with van der Waals surface area (Å²) in [7, 11) is 1.58. The molecule has 2 aromatic heterocycles. The lowest BCUT2D eigenvalue weighted by Gasteiger charge is -2.40. The molecule has 0 unspecified atom stereocenters. The average molecular weight is 477 g/mol. The largest absolute Gasteiger partial charge is 0.377 e. The van der Waals surface area contributed by atoms with Gasteiger partial charge in [-0.2, -0.15) is 0 Å². The number of ether oxygens (including phenoxy) is 1. The number of imidazole rings is 1. The van der Waals surface area contributed by atoms with Crippen LogP contribution in [0.5, 0.6) is 0 Å². The molecule has 0 aliphatic heterocycles. The number of primary amides is 1. The summed E-state index contributed by atoms with van der Waals surface area (Å²) >= 11 is 6.11. The molecule has 1 aliphatic rings. The standard InChI is InChI=1S/C22H29ClN6O4/c1-22(2,33-3)11-29(21(32)18-17(19(24)30)26-12-27-18)14-6-4-13(5-7-14)20(31)28-16-10-25-9-8-15(16)23/h8-10,12-14H,4-7,11H2,1-3H3,(H2,24,30)(H,26,27)(H,28,31). The molecule has 3 rings (SSSR count). The third kappa shape index (κ3) is 5.88. The smallest absolute Gasteiger partial charge is 0.273 e. The zero-order valence-electron chi connectivity index (χ0n) is 18.9. The van der Waals surface area contributed by atoms with Gasteiger partial charge in [-0.25, -0.2) is 4.98 Å². The van der Waals surface area contributed by atoms with Crippen molar-refractivity contribution >= 4 is 35.0 Å². The Morgan fingerprint density at radius 1 is 1.30 bits per heavy atom. The molecule has 2 aromatic rings. The molecule has 1 aliphatic carbocycles. The van der Waals surface area contributed by atoms with Gasteiger partial charge in [0.25, 0.3) is 11.8 Å². The molecule has 178 valence electrons. The fourth-order valence-electron chi connectivity index (χ4n) is 3.98. The van der Waals surface area contributed by atoms with Crippen molar-refractivity contribution < 1.29 is 19.1 Å². The second-order valence-corrected chi connectivity index (χ2v) is 9.14. The topological polar surface area (TPSA) is 143 Å². The predicted molar refractivity (Wildman–Crippen MR) is 123 cm³/mol. The Hall–Kier alpha value is -2.98. The highest BCUT2D eigenvalue weighted by Gasteiger charge is 2.36. The van der Waals surface area contributed by atoms with Crippen molar-refractivity contribution in [1.82, 2.24) is 19.9 Å². The van der Waals surface area contributed by atoms with Crippen molar-refractivity contribution in [3.63, 3.8) is 0 Å². The van der Waals surface area contributed by atoms with E-state index in [1.807, 2.05) is 13.8 Å². The molecule has 0 atom stereocenters. The number of rotatable bonds is 8. The van der Waals surface area contributed by atoms with Gasteiger partial charge in [0.15, 0.2) is 5.69 Å². The number of amides is 3. The Kier molecular flexibility index (Phi) is 7.70. The van der Waals surface area contributed by atoms with Crippen LogP contribution in [0.4, 0.5) is 5.69 Å². The van der Waals surface area contributed by atoms with Gasteiger partial charge in [-0.3, -0.25) is 19.4 Å². The zero-order chi connectivity index (χ0) is 24.2. The first-order valence-corrected chi connectivity index (χ1v) is 11.1. The first kappa shape index (κ1) is 24.7. The van der Waals surface area contributed by atoms with Crippen LogP contribution in [-0.2, 0) is 9.53 Å². The predicted octanol–water partition coefficient (Wildman–Crippen LogP) is 2.62. The number of methoxy groups -OCH3 is 1. The molecular formula is C22H29ClN6O4. The summed E-state index contributed by atoms with van der Waals surface area (Å²) in [4.78, 5) is 50.2. The number of hydrogen-bond donors (Lipinski definition) is 3. The van der Waals surface area contributed by atoms with Crippen molar-refractivity contribution in [1.29, 1.82) is 0 Å². The van der Waals surface area contributed by atoms with Crippen molar-refractivity contribution in [2.75, 3.05) is 19.0 Å². The number of H-pyrrole nitrogens is 1. The number of nitrogens with one attached hydrogen (secondary N) is 2. The van der Waals surface area contributed by atoms with Gasteiger partial charge in [-0.05, 0) is 45.6 Å². The summed E-state index contributed by atoms with van der Waals surface area (Å²) in [6.07, 6.45) is 6.76. The van der Waals surface area contributed by atoms with E-state index in [0.717, 1.165) is 0 Å². The van der Waals surface area contributed by atoms with Crippen molar-refractivity contribution in [2.24, 2.45) is 11.7 Å². The Morgan fingerprint density at radius 3 is 2.61 bits per heavy atom. The molecule has 1 saturated carbocycles. The maximum Gasteiger partial charge on any atom is 0.273 e. The Bertz CT molecular complexity index is 1020. The fraction of sp³-hybridized carbons (Fsp3) is 0.500. The van der Waals surface area contributed by atoms with Crippen LogP contribution >= 0.6 is 11.6 Å². The van der Waals surface area contributed by atoms with Crippen molar-refractivity contribution in [2.45, 2.75) is 51.2 Å². The third-order valence-electron chi connectivity index (χ3n) is 5.99. The number of carbonyl (C=O) groups is 3. The van der Waals surface area contributed by atoms with Crippen LogP contribution in [-0.4, -0.2) is 62.9 Å². The lowest BCUT2D eigenvalue weighted by atomic mass is 9.84. The number of nitrogens with two attached hydrogens (primary N) is 1. The normalized spacial score (nSPS) is 18.5. The van der Waals surface area contributed by atoms with Gasteiger partial charge in [0.05, 0.1) is 28.8 Å². The van der Waals surface area contributed by atoms with E-state index in [0.29, 0.717) is 42.9 Å². The van der Waals surface area contributed by atoms with E-state index in [1.165, 1.54) is 12.5 Å². The van der Waals surface area contributed by atoms with Crippen molar-refractivity contribution in [3.8, 4) is 0 Å². The van der Waals surface area contributed by atoms with Crippen LogP contribution in [0.1, 0.15) is 60.5 Å². The van der Waals surface area contributed by atoms with Gasteiger partial charge in [-0.15, -0.1) is 0 Å². The zero-order valence-corrected chi connectivity index (χ0v) is 19.7. The van der Waals surface area contributed by atoms with Crippen LogP contribution in [0, 0.1) is 5.92 Å². The highest BCUT2D eigenvalue weighted by atomic mass is 35.5. The Balaban J connectivity index is 1.73. The number of aromatic amines is 1. The van der Waals surface area contributed by atoms with Gasteiger partial charge in [0, 0.05) is 31.8 Å². The molecule has 0 bridgehead atoms. The maximum atomic E-state index is 13.4. The maximum absolute atomic E-state index is 13.4. The van der Waals surface area contributed by atoms with E-state index in [-0.39, 0.29) is 35.2 Å². The van der Waals surface area contributed by atoms with E-state index in [9.17, 15) is 14.4 Å². The highest BCUT2D eigenvalue weighted by Crippen LogP contribution is 2.31. The number of aromatic nitrogens is 3. The van der Waals surface area contributed by atoms with Gasteiger partial charge in [-0.1, -0.05) is 11.6 Å². The third-order valence-corrected chi connectivity index (χ3v) is 6.31. The van der Waals surface area contributed by atoms with Crippen LogP contribution in [0.3, 0.4) is 0 Å². The van der Waals surface area contributed by atoms with Gasteiger partial charge in [0.1, 0.15) is 5.69 Å². The molecule has 11 heteroatoms. The fourth-order valence-corrected chi connectivity index (χ4v) is 4.14. The molecule has 3 amide bonds. The van der Waals surface area contributed by atoms with Crippen LogP contribution < -0.4 is 11.1 Å². The minimum atomic E-state index is -0.778. The quantitative estimate of drug-likeness (QED) is 0.534. The molecule has 33 heavy (non-hydrogen) atoms.